The van der Waals surface area contributed by atoms with Gasteiger partial charge in [0.15, 0.2) is 5.78 Å². The molecule has 0 saturated carbocycles. The first-order valence-electron chi connectivity index (χ1n) is 4.31. The number of Topliss-reactive ketones (excluding diaryl/α,β-unsaturated/α-hetero) is 1. The van der Waals surface area contributed by atoms with Gasteiger partial charge in [0.1, 0.15) is 0 Å². The first-order valence-corrected chi connectivity index (χ1v) is 4.31. The molecule has 0 radical (unpaired) electrons. The van der Waals surface area contributed by atoms with Gasteiger partial charge in [-0.05, 0) is 24.3 Å². The van der Waals surface area contributed by atoms with E-state index in [9.17, 15) is 9.90 Å². The fraction of sp³-hybridized carbons (Fsp3) is 0.700. The molecule has 0 bridgehead atoms. The van der Waals surface area contributed by atoms with E-state index in [2.05, 4.69) is 0 Å². The van der Waals surface area contributed by atoms with Crippen molar-refractivity contribution in [1.29, 1.82) is 0 Å². The zero-order valence-electron chi connectivity index (χ0n) is 7.92. The lowest BCUT2D eigenvalue weighted by Crippen LogP contribution is -2.33. The topological polar surface area (TPSA) is 37.3 Å². The summed E-state index contributed by atoms with van der Waals surface area (Å²) in [5.41, 5.74) is 0.709. The van der Waals surface area contributed by atoms with Gasteiger partial charge in [0.25, 0.3) is 0 Å². The van der Waals surface area contributed by atoms with Crippen LogP contribution >= 0.6 is 0 Å². The molecule has 0 aromatic rings. The second-order valence-corrected chi connectivity index (χ2v) is 4.20. The van der Waals surface area contributed by atoms with Gasteiger partial charge in [-0.15, -0.1) is 0 Å². The Bertz CT molecular complexity index is 226. The highest BCUT2D eigenvalue weighted by Gasteiger charge is 2.31. The first-order chi connectivity index (χ1) is 5.43. The van der Waals surface area contributed by atoms with Crippen LogP contribution in [0.4, 0.5) is 0 Å². The van der Waals surface area contributed by atoms with E-state index in [0.717, 1.165) is 12.0 Å². The van der Waals surface area contributed by atoms with Crippen LogP contribution in [0.3, 0.4) is 0 Å². The molecule has 1 rings (SSSR count). The predicted molar refractivity (Wildman–Crippen MR) is 47.8 cm³/mol. The van der Waals surface area contributed by atoms with Crippen LogP contribution in [-0.4, -0.2) is 17.0 Å². The van der Waals surface area contributed by atoms with Crippen LogP contribution in [0, 0.1) is 5.41 Å². The second-order valence-electron chi connectivity index (χ2n) is 4.20. The Balaban J connectivity index is 2.78. The van der Waals surface area contributed by atoms with Crippen LogP contribution in [0.15, 0.2) is 11.6 Å². The van der Waals surface area contributed by atoms with Gasteiger partial charge in [-0.25, -0.2) is 0 Å². The fourth-order valence-corrected chi connectivity index (χ4v) is 1.38. The Morgan fingerprint density at radius 1 is 1.67 bits per heavy atom. The number of hydrogen-bond acceptors (Lipinski definition) is 2. The van der Waals surface area contributed by atoms with E-state index < -0.39 is 0 Å². The number of aliphatic hydroxyl groups is 1. The summed E-state index contributed by atoms with van der Waals surface area (Å²) < 4.78 is 0. The van der Waals surface area contributed by atoms with Crippen molar-refractivity contribution in [3.63, 3.8) is 0 Å². The maximum Gasteiger partial charge on any atom is 0.155 e. The van der Waals surface area contributed by atoms with Gasteiger partial charge in [0.05, 0.1) is 6.10 Å². The van der Waals surface area contributed by atoms with E-state index in [-0.39, 0.29) is 17.3 Å². The molecule has 0 fully saturated rings. The predicted octanol–water partition coefficient (Wildman–Crippen LogP) is 1.68. The monoisotopic (exact) mass is 168 g/mol. The number of carbonyl (C=O) groups excluding carboxylic acids is 1. The van der Waals surface area contributed by atoms with Crippen molar-refractivity contribution in [3.05, 3.63) is 11.6 Å². The van der Waals surface area contributed by atoms with Crippen molar-refractivity contribution in [2.24, 2.45) is 5.41 Å². The standard InChI is InChI=1S/C10H16O2/c1-7(11)8-4-5-10(2,3)9(12)6-8/h4,9,12H,5-6H2,1-3H3. The van der Waals surface area contributed by atoms with Crippen LogP contribution in [0.1, 0.15) is 33.6 Å². The van der Waals surface area contributed by atoms with Gasteiger partial charge >= 0.3 is 0 Å². The normalized spacial score (nSPS) is 28.0. The van der Waals surface area contributed by atoms with Gasteiger partial charge < -0.3 is 5.11 Å². The highest BCUT2D eigenvalue weighted by atomic mass is 16.3. The number of ketones is 1. The molecule has 0 heterocycles. The molecule has 2 nitrogen and oxygen atoms in total. The van der Waals surface area contributed by atoms with Crippen molar-refractivity contribution in [3.8, 4) is 0 Å². The molecule has 0 aliphatic heterocycles. The Morgan fingerprint density at radius 2 is 2.25 bits per heavy atom. The van der Waals surface area contributed by atoms with Gasteiger partial charge in [-0.2, -0.15) is 0 Å². The van der Waals surface area contributed by atoms with Crippen LogP contribution in [-0.2, 0) is 4.79 Å². The molecule has 68 valence electrons. The number of hydrogen-bond donors (Lipinski definition) is 1. The molecule has 0 spiro atoms. The van der Waals surface area contributed by atoms with Gasteiger partial charge in [-0.1, -0.05) is 19.9 Å². The first kappa shape index (κ1) is 9.46. The number of allylic oxidation sites excluding steroid dienone is 1. The van der Waals surface area contributed by atoms with Crippen LogP contribution in [0.5, 0.6) is 0 Å². The SMILES string of the molecule is CC(=O)C1=CCC(C)(C)C(O)C1. The Morgan fingerprint density at radius 3 is 2.67 bits per heavy atom. The number of carbonyl (C=O) groups is 1. The summed E-state index contributed by atoms with van der Waals surface area (Å²) in [6, 6.07) is 0. The summed E-state index contributed by atoms with van der Waals surface area (Å²) in [5, 5.41) is 9.66. The summed E-state index contributed by atoms with van der Waals surface area (Å²) in [5.74, 6) is 0.0875. The molecule has 1 N–H and O–H groups in total. The lowest BCUT2D eigenvalue weighted by Gasteiger charge is -2.33. The Labute approximate surface area is 73.3 Å². The molecular weight excluding hydrogens is 152 g/mol. The minimum Gasteiger partial charge on any atom is -0.392 e. The molecule has 1 aliphatic rings. The summed E-state index contributed by atoms with van der Waals surface area (Å²) in [7, 11) is 0. The highest BCUT2D eigenvalue weighted by molar-refractivity contribution is 5.93. The average Bonchev–Trinajstić information content (AvgIpc) is 1.94. The van der Waals surface area contributed by atoms with Crippen molar-refractivity contribution in [1.82, 2.24) is 0 Å². The third-order valence-corrected chi connectivity index (χ3v) is 2.64. The largest absolute Gasteiger partial charge is 0.392 e. The second kappa shape index (κ2) is 3.02. The maximum atomic E-state index is 11.0. The van der Waals surface area contributed by atoms with E-state index in [1.165, 1.54) is 0 Å². The van der Waals surface area contributed by atoms with Crippen LogP contribution < -0.4 is 0 Å². The minimum absolute atomic E-state index is 0.0705. The molecule has 1 aliphatic carbocycles. The summed E-state index contributed by atoms with van der Waals surface area (Å²) in [4.78, 5) is 11.0. The molecule has 1 atom stereocenters. The zero-order chi connectivity index (χ0) is 9.35. The average molecular weight is 168 g/mol. The van der Waals surface area contributed by atoms with Crippen molar-refractivity contribution in [2.75, 3.05) is 0 Å². The fourth-order valence-electron chi connectivity index (χ4n) is 1.38. The van der Waals surface area contributed by atoms with Gasteiger partial charge in [0, 0.05) is 6.42 Å². The van der Waals surface area contributed by atoms with Crippen molar-refractivity contribution >= 4 is 5.78 Å². The zero-order valence-corrected chi connectivity index (χ0v) is 7.92. The lowest BCUT2D eigenvalue weighted by molar-refractivity contribution is -0.114. The highest BCUT2D eigenvalue weighted by Crippen LogP contribution is 2.34. The molecule has 1 unspecified atom stereocenters. The molecule has 2 heteroatoms. The van der Waals surface area contributed by atoms with E-state index >= 15 is 0 Å². The lowest BCUT2D eigenvalue weighted by atomic mass is 9.75. The van der Waals surface area contributed by atoms with E-state index in [1.807, 2.05) is 19.9 Å². The smallest absolute Gasteiger partial charge is 0.155 e. The van der Waals surface area contributed by atoms with E-state index in [1.54, 1.807) is 6.92 Å². The Kier molecular flexibility index (Phi) is 2.38. The molecule has 0 amide bonds. The van der Waals surface area contributed by atoms with E-state index in [0.29, 0.717) is 6.42 Å². The maximum absolute atomic E-state index is 11.0. The van der Waals surface area contributed by atoms with Crippen molar-refractivity contribution in [2.45, 2.75) is 39.7 Å². The summed E-state index contributed by atoms with van der Waals surface area (Å²) in [6.07, 6.45) is 2.89. The third kappa shape index (κ3) is 1.75. The van der Waals surface area contributed by atoms with Crippen LogP contribution in [0.25, 0.3) is 0 Å². The third-order valence-electron chi connectivity index (χ3n) is 2.64. The van der Waals surface area contributed by atoms with Crippen molar-refractivity contribution < 1.29 is 9.90 Å². The molecule has 0 aromatic heterocycles. The van der Waals surface area contributed by atoms with E-state index in [4.69, 9.17) is 0 Å². The molecule has 12 heavy (non-hydrogen) atoms. The van der Waals surface area contributed by atoms with Gasteiger partial charge in [0.2, 0.25) is 0 Å². The summed E-state index contributed by atoms with van der Waals surface area (Å²) >= 11 is 0. The molecule has 0 saturated heterocycles. The summed E-state index contributed by atoms with van der Waals surface area (Å²) in [6.45, 7) is 5.59. The number of aliphatic hydroxyl groups excluding tert-OH is 1. The van der Waals surface area contributed by atoms with Gasteiger partial charge in [-0.3, -0.25) is 4.79 Å². The number of rotatable bonds is 1. The minimum atomic E-state index is -0.374. The quantitative estimate of drug-likeness (QED) is 0.646. The van der Waals surface area contributed by atoms with Crippen LogP contribution in [0.2, 0.25) is 0 Å². The molecular formula is C10H16O2. The molecule has 0 aromatic carbocycles. The Hall–Kier alpha value is -0.630.